The van der Waals surface area contributed by atoms with Gasteiger partial charge in [0.2, 0.25) is 0 Å². The van der Waals surface area contributed by atoms with Gasteiger partial charge in [-0.15, -0.1) is 5.75 Å². The van der Waals surface area contributed by atoms with Gasteiger partial charge in [0.05, 0.1) is 0 Å². The molecule has 5 nitrogen and oxygen atoms in total. The first-order valence-electron chi connectivity index (χ1n) is 7.96. The van der Waals surface area contributed by atoms with E-state index >= 15 is 0 Å². The van der Waals surface area contributed by atoms with Gasteiger partial charge in [-0.25, -0.2) is 0 Å². The zero-order chi connectivity index (χ0) is 17.6. The van der Waals surface area contributed by atoms with Gasteiger partial charge in [-0.1, -0.05) is 50.5 Å². The Kier molecular flexibility index (Phi) is 9.65. The topological polar surface area (TPSA) is 86.7 Å². The summed E-state index contributed by atoms with van der Waals surface area (Å²) < 4.78 is 38.5. The van der Waals surface area contributed by atoms with E-state index in [0.29, 0.717) is 17.7 Å². The molecule has 0 aliphatic heterocycles. The first kappa shape index (κ1) is 22.6. The van der Waals surface area contributed by atoms with Crippen molar-refractivity contribution in [1.29, 1.82) is 0 Å². The summed E-state index contributed by atoms with van der Waals surface area (Å²) in [5.74, 6) is 0.306. The maximum Gasteiger partial charge on any atom is 1.00 e. The smallest absolute Gasteiger partial charge is 0.872 e. The molecule has 0 unspecified atom stereocenters. The van der Waals surface area contributed by atoms with E-state index in [2.05, 4.69) is 6.92 Å². The first-order chi connectivity index (χ1) is 11.4. The van der Waals surface area contributed by atoms with Crippen LogP contribution >= 0.6 is 0 Å². The average Bonchev–Trinajstić information content (AvgIpc) is 2.54. The van der Waals surface area contributed by atoms with Crippen molar-refractivity contribution in [2.45, 2.75) is 43.9 Å². The summed E-state index contributed by atoms with van der Waals surface area (Å²) in [6.45, 7) is 2.12. The van der Waals surface area contributed by atoms with Crippen molar-refractivity contribution < 1.29 is 74.2 Å². The molecule has 130 valence electrons. The third-order valence-electron chi connectivity index (χ3n) is 3.68. The van der Waals surface area contributed by atoms with Crippen molar-refractivity contribution in [3.63, 3.8) is 0 Å². The molecule has 0 aliphatic rings. The number of para-hydroxylation sites is 1. The summed E-state index contributed by atoms with van der Waals surface area (Å²) in [4.78, 5) is -0.262. The molecule has 7 heteroatoms. The van der Waals surface area contributed by atoms with Gasteiger partial charge in [-0.05, 0) is 36.6 Å². The van der Waals surface area contributed by atoms with E-state index < -0.39 is 10.1 Å². The zero-order valence-electron chi connectivity index (χ0n) is 14.6. The number of rotatable bonds is 8. The molecule has 0 amide bonds. The van der Waals surface area contributed by atoms with E-state index in [1.54, 1.807) is 12.1 Å². The van der Waals surface area contributed by atoms with Gasteiger partial charge < -0.3 is 9.84 Å². The van der Waals surface area contributed by atoms with Crippen LogP contribution in [0.1, 0.15) is 38.2 Å². The Hall–Kier alpha value is -0.414. The molecule has 2 rings (SSSR count). The van der Waals surface area contributed by atoms with E-state index in [9.17, 15) is 18.1 Å². The molecule has 0 spiro atoms. The van der Waals surface area contributed by atoms with Crippen molar-refractivity contribution in [2.24, 2.45) is 0 Å². The van der Waals surface area contributed by atoms with E-state index in [0.717, 1.165) is 25.7 Å². The fraction of sp³-hybridized carbons (Fsp3) is 0.333. The molecule has 0 saturated carbocycles. The van der Waals surface area contributed by atoms with Crippen molar-refractivity contribution in [3.8, 4) is 17.2 Å². The zero-order valence-corrected chi connectivity index (χ0v) is 18.5. The monoisotopic (exact) mass is 388 g/mol. The number of hydrogen-bond acceptors (Lipinski definition) is 4. The largest absolute Gasteiger partial charge is 1.00 e. The second-order valence-electron chi connectivity index (χ2n) is 5.60. The van der Waals surface area contributed by atoms with Crippen molar-refractivity contribution >= 4 is 10.1 Å². The average molecular weight is 389 g/mol. The molecule has 0 heterocycles. The standard InChI is InChI=1S/C18H22O5S.K/c1-2-3-4-5-7-14-8-6-9-17(24(20,21)22)18(14)23-16-12-10-15(19)11-13-16;/h6,8-13,19H,2-5,7H2,1H3,(H,20,21,22);/q;+1/p-1. The van der Waals surface area contributed by atoms with Gasteiger partial charge in [-0.3, -0.25) is 4.55 Å². The Morgan fingerprint density at radius 2 is 1.72 bits per heavy atom. The number of aryl methyl sites for hydroxylation is 1. The van der Waals surface area contributed by atoms with Crippen LogP contribution in [0.15, 0.2) is 47.4 Å². The molecule has 25 heavy (non-hydrogen) atoms. The Morgan fingerprint density at radius 3 is 2.32 bits per heavy atom. The molecule has 1 N–H and O–H groups in total. The molecule has 2 aromatic rings. The predicted molar refractivity (Wildman–Crippen MR) is 90.1 cm³/mol. The molecule has 0 bridgehead atoms. The first-order valence-corrected chi connectivity index (χ1v) is 9.40. The fourth-order valence-electron chi connectivity index (χ4n) is 2.44. The SMILES string of the molecule is CCCCCCc1cccc(S(=O)(=O)O)c1Oc1ccc([O-])cc1.[K+]. The summed E-state index contributed by atoms with van der Waals surface area (Å²) in [6.07, 6.45) is 4.81. The molecular weight excluding hydrogens is 367 g/mol. The number of hydrogen-bond donors (Lipinski definition) is 1. The molecular formula is C18H21KO5S. The van der Waals surface area contributed by atoms with E-state index in [-0.39, 0.29) is 67.8 Å². The molecule has 0 atom stereocenters. The molecule has 0 aliphatic carbocycles. The summed E-state index contributed by atoms with van der Waals surface area (Å²) in [6, 6.07) is 10.3. The quantitative estimate of drug-likeness (QED) is 0.413. The Labute approximate surface area is 191 Å². The van der Waals surface area contributed by atoms with Crippen molar-refractivity contribution in [3.05, 3.63) is 48.0 Å². The summed E-state index contributed by atoms with van der Waals surface area (Å²) in [5.41, 5.74) is 0.715. The maximum absolute atomic E-state index is 11.7. The van der Waals surface area contributed by atoms with Crippen LogP contribution in [0, 0.1) is 0 Å². The minimum absolute atomic E-state index is 0. The van der Waals surface area contributed by atoms with Gasteiger partial charge in [-0.2, -0.15) is 8.42 Å². The Balaban J connectivity index is 0.00000312. The Bertz CT molecular complexity index is 773. The van der Waals surface area contributed by atoms with Crippen LogP contribution in [0.5, 0.6) is 17.2 Å². The van der Waals surface area contributed by atoms with Crippen LogP contribution in [0.25, 0.3) is 0 Å². The summed E-state index contributed by atoms with van der Waals surface area (Å²) >= 11 is 0. The molecule has 0 aromatic heterocycles. The predicted octanol–water partition coefficient (Wildman–Crippen LogP) is 0.926. The van der Waals surface area contributed by atoms with Gasteiger partial charge in [0.1, 0.15) is 10.6 Å². The van der Waals surface area contributed by atoms with Crippen LogP contribution in [0.4, 0.5) is 0 Å². The summed E-state index contributed by atoms with van der Waals surface area (Å²) in [5, 5.41) is 11.2. The minimum atomic E-state index is -4.41. The van der Waals surface area contributed by atoms with Gasteiger partial charge in [0.15, 0.2) is 5.75 Å². The summed E-state index contributed by atoms with van der Waals surface area (Å²) in [7, 11) is -4.41. The van der Waals surface area contributed by atoms with E-state index in [4.69, 9.17) is 4.74 Å². The van der Waals surface area contributed by atoms with Gasteiger partial charge in [0, 0.05) is 0 Å². The van der Waals surface area contributed by atoms with Crippen LogP contribution in [0.2, 0.25) is 0 Å². The van der Waals surface area contributed by atoms with Crippen LogP contribution in [-0.2, 0) is 16.5 Å². The maximum atomic E-state index is 11.7. The normalized spacial score (nSPS) is 11.0. The third kappa shape index (κ3) is 7.01. The molecule has 0 radical (unpaired) electrons. The second-order valence-corrected chi connectivity index (χ2v) is 6.99. The number of benzene rings is 2. The van der Waals surface area contributed by atoms with E-state index in [1.807, 2.05) is 0 Å². The van der Waals surface area contributed by atoms with Gasteiger partial charge >= 0.3 is 51.4 Å². The third-order valence-corrected chi connectivity index (χ3v) is 4.56. The molecule has 2 aromatic carbocycles. The second kappa shape index (κ2) is 10.7. The minimum Gasteiger partial charge on any atom is -0.872 e. The number of ether oxygens (including phenoxy) is 1. The van der Waals surface area contributed by atoms with Crippen LogP contribution in [-0.4, -0.2) is 13.0 Å². The van der Waals surface area contributed by atoms with E-state index in [1.165, 1.54) is 30.3 Å². The van der Waals surface area contributed by atoms with Crippen LogP contribution in [0.3, 0.4) is 0 Å². The number of unbranched alkanes of at least 4 members (excludes halogenated alkanes) is 3. The molecule has 0 saturated heterocycles. The van der Waals surface area contributed by atoms with Crippen molar-refractivity contribution in [2.75, 3.05) is 0 Å². The van der Waals surface area contributed by atoms with Gasteiger partial charge in [0.25, 0.3) is 10.1 Å². The molecule has 0 fully saturated rings. The van der Waals surface area contributed by atoms with Crippen LogP contribution < -0.4 is 61.2 Å². The fourth-order valence-corrected chi connectivity index (χ4v) is 3.10. The van der Waals surface area contributed by atoms with Crippen molar-refractivity contribution in [1.82, 2.24) is 0 Å². The Morgan fingerprint density at radius 1 is 1.04 bits per heavy atom.